The van der Waals surface area contributed by atoms with Crippen molar-refractivity contribution in [2.45, 2.75) is 18.0 Å². The maximum atomic E-state index is 5.88. The van der Waals surface area contributed by atoms with Gasteiger partial charge in [0, 0.05) is 41.8 Å². The molecular formula is C14H18N2OS. The van der Waals surface area contributed by atoms with E-state index in [1.165, 1.54) is 16.1 Å². The Morgan fingerprint density at radius 3 is 2.78 bits per heavy atom. The van der Waals surface area contributed by atoms with Gasteiger partial charge in [0.05, 0.1) is 12.5 Å². The van der Waals surface area contributed by atoms with Crippen LogP contribution in [0.25, 0.3) is 0 Å². The number of hydrogen-bond acceptors (Lipinski definition) is 4. The highest BCUT2D eigenvalue weighted by molar-refractivity contribution is 7.98. The van der Waals surface area contributed by atoms with Gasteiger partial charge in [-0.1, -0.05) is 6.07 Å². The lowest BCUT2D eigenvalue weighted by molar-refractivity contribution is 0.563. The minimum Gasteiger partial charge on any atom is -0.472 e. The van der Waals surface area contributed by atoms with E-state index in [0.29, 0.717) is 6.54 Å². The fourth-order valence-corrected chi connectivity index (χ4v) is 2.70. The van der Waals surface area contributed by atoms with Gasteiger partial charge >= 0.3 is 0 Å². The largest absolute Gasteiger partial charge is 0.472 e. The van der Waals surface area contributed by atoms with E-state index < -0.39 is 0 Å². The molecule has 1 heterocycles. The van der Waals surface area contributed by atoms with Gasteiger partial charge in [-0.05, 0) is 24.5 Å². The molecule has 0 fully saturated rings. The summed E-state index contributed by atoms with van der Waals surface area (Å²) in [6, 6.07) is 8.29. The molecule has 0 saturated heterocycles. The Morgan fingerprint density at radius 1 is 1.33 bits per heavy atom. The van der Waals surface area contributed by atoms with Crippen LogP contribution in [0.2, 0.25) is 0 Å². The van der Waals surface area contributed by atoms with Gasteiger partial charge in [0.2, 0.25) is 0 Å². The molecule has 2 aromatic rings. The van der Waals surface area contributed by atoms with Crippen LogP contribution in [-0.4, -0.2) is 13.3 Å². The molecule has 2 rings (SSSR count). The third-order valence-corrected chi connectivity index (χ3v) is 3.77. The summed E-state index contributed by atoms with van der Waals surface area (Å²) < 4.78 is 5.10. The van der Waals surface area contributed by atoms with Crippen molar-refractivity contribution in [1.29, 1.82) is 0 Å². The number of furan rings is 1. The van der Waals surface area contributed by atoms with Gasteiger partial charge in [-0.3, -0.25) is 0 Å². The summed E-state index contributed by atoms with van der Waals surface area (Å²) in [7, 11) is 2.08. The lowest BCUT2D eigenvalue weighted by Gasteiger charge is -2.23. The normalized spacial score (nSPS) is 10.6. The standard InChI is InChI=1S/C14H18N2OS/c1-16(9-11-6-7-17-10-11)13-4-3-5-14(18-2)12(13)8-15/h3-7,10H,8-9,15H2,1-2H3. The summed E-state index contributed by atoms with van der Waals surface area (Å²) in [6.07, 6.45) is 5.55. The van der Waals surface area contributed by atoms with E-state index in [4.69, 9.17) is 10.2 Å². The van der Waals surface area contributed by atoms with Crippen LogP contribution in [0.5, 0.6) is 0 Å². The minimum absolute atomic E-state index is 0.558. The molecule has 0 spiro atoms. The SMILES string of the molecule is CSc1cccc(N(C)Cc2ccoc2)c1CN. The molecule has 0 aliphatic heterocycles. The van der Waals surface area contributed by atoms with Crippen molar-refractivity contribution in [3.63, 3.8) is 0 Å². The number of anilines is 1. The molecule has 3 nitrogen and oxygen atoms in total. The van der Waals surface area contributed by atoms with Crippen LogP contribution in [0.1, 0.15) is 11.1 Å². The van der Waals surface area contributed by atoms with Gasteiger partial charge in [0.15, 0.2) is 0 Å². The average Bonchev–Trinajstić information content (AvgIpc) is 2.90. The fraction of sp³-hybridized carbons (Fsp3) is 0.286. The Kier molecular flexibility index (Phi) is 4.33. The van der Waals surface area contributed by atoms with Crippen LogP contribution in [0.4, 0.5) is 5.69 Å². The van der Waals surface area contributed by atoms with Crippen molar-refractivity contribution in [1.82, 2.24) is 0 Å². The Balaban J connectivity index is 2.26. The minimum atomic E-state index is 0.558. The van der Waals surface area contributed by atoms with E-state index in [1.807, 2.05) is 6.07 Å². The third kappa shape index (κ3) is 2.71. The van der Waals surface area contributed by atoms with Crippen LogP contribution >= 0.6 is 11.8 Å². The molecule has 0 amide bonds. The van der Waals surface area contributed by atoms with Gasteiger partial charge in [-0.25, -0.2) is 0 Å². The van der Waals surface area contributed by atoms with Crippen LogP contribution in [0.15, 0.2) is 46.1 Å². The van der Waals surface area contributed by atoms with Crippen molar-refractivity contribution in [3.05, 3.63) is 47.9 Å². The van der Waals surface area contributed by atoms with Gasteiger partial charge in [0.25, 0.3) is 0 Å². The zero-order valence-corrected chi connectivity index (χ0v) is 11.5. The zero-order chi connectivity index (χ0) is 13.0. The summed E-state index contributed by atoms with van der Waals surface area (Å²) in [5.41, 5.74) is 9.43. The highest BCUT2D eigenvalue weighted by Gasteiger charge is 2.10. The molecular weight excluding hydrogens is 244 g/mol. The third-order valence-electron chi connectivity index (χ3n) is 2.94. The van der Waals surface area contributed by atoms with E-state index in [1.54, 1.807) is 24.3 Å². The summed E-state index contributed by atoms with van der Waals surface area (Å²) in [6.45, 7) is 1.38. The highest BCUT2D eigenvalue weighted by Crippen LogP contribution is 2.29. The summed E-state index contributed by atoms with van der Waals surface area (Å²) in [5, 5.41) is 0. The molecule has 0 aliphatic carbocycles. The van der Waals surface area contributed by atoms with E-state index in [2.05, 4.69) is 36.4 Å². The van der Waals surface area contributed by atoms with Crippen molar-refractivity contribution in [3.8, 4) is 0 Å². The fourth-order valence-electron chi connectivity index (χ4n) is 2.05. The second-order valence-electron chi connectivity index (χ2n) is 4.15. The number of thioether (sulfide) groups is 1. The molecule has 0 unspecified atom stereocenters. The second-order valence-corrected chi connectivity index (χ2v) is 5.00. The Bertz CT molecular complexity index is 497. The molecule has 0 saturated carbocycles. The number of nitrogens with two attached hydrogens (primary N) is 1. The predicted molar refractivity (Wildman–Crippen MR) is 76.9 cm³/mol. The monoisotopic (exact) mass is 262 g/mol. The molecule has 0 radical (unpaired) electrons. The topological polar surface area (TPSA) is 42.4 Å². The zero-order valence-electron chi connectivity index (χ0n) is 10.7. The van der Waals surface area contributed by atoms with Crippen LogP contribution < -0.4 is 10.6 Å². The van der Waals surface area contributed by atoms with Crippen molar-refractivity contribution >= 4 is 17.4 Å². The number of rotatable bonds is 5. The first-order chi connectivity index (χ1) is 8.76. The first-order valence-electron chi connectivity index (χ1n) is 5.84. The smallest absolute Gasteiger partial charge is 0.0952 e. The Morgan fingerprint density at radius 2 is 2.17 bits per heavy atom. The molecule has 0 aliphatic rings. The van der Waals surface area contributed by atoms with Gasteiger partial charge in [-0.15, -0.1) is 11.8 Å². The highest BCUT2D eigenvalue weighted by atomic mass is 32.2. The van der Waals surface area contributed by atoms with Gasteiger partial charge in [-0.2, -0.15) is 0 Å². The number of hydrogen-bond donors (Lipinski definition) is 1. The van der Waals surface area contributed by atoms with E-state index in [-0.39, 0.29) is 0 Å². The van der Waals surface area contributed by atoms with Crippen LogP contribution in [0.3, 0.4) is 0 Å². The van der Waals surface area contributed by atoms with Crippen LogP contribution in [0, 0.1) is 0 Å². The maximum Gasteiger partial charge on any atom is 0.0952 e. The lowest BCUT2D eigenvalue weighted by atomic mass is 10.1. The first kappa shape index (κ1) is 13.1. The van der Waals surface area contributed by atoms with Gasteiger partial charge in [0.1, 0.15) is 0 Å². The summed E-state index contributed by atoms with van der Waals surface area (Å²) in [5.74, 6) is 0. The number of nitrogens with zero attached hydrogens (tertiary/aromatic N) is 1. The Hall–Kier alpha value is -1.39. The van der Waals surface area contributed by atoms with Gasteiger partial charge < -0.3 is 15.1 Å². The van der Waals surface area contributed by atoms with E-state index >= 15 is 0 Å². The lowest BCUT2D eigenvalue weighted by Crippen LogP contribution is -2.19. The maximum absolute atomic E-state index is 5.88. The Labute approximate surface area is 112 Å². The van der Waals surface area contributed by atoms with E-state index in [0.717, 1.165) is 12.1 Å². The summed E-state index contributed by atoms with van der Waals surface area (Å²) in [4.78, 5) is 3.45. The molecule has 0 bridgehead atoms. The number of benzene rings is 1. The predicted octanol–water partition coefficient (Wildman–Crippen LogP) is 3.10. The molecule has 96 valence electrons. The van der Waals surface area contributed by atoms with Crippen molar-refractivity contribution in [2.75, 3.05) is 18.2 Å². The first-order valence-corrected chi connectivity index (χ1v) is 7.07. The van der Waals surface area contributed by atoms with Crippen LogP contribution in [-0.2, 0) is 13.1 Å². The molecule has 18 heavy (non-hydrogen) atoms. The summed E-state index contributed by atoms with van der Waals surface area (Å²) >= 11 is 1.73. The molecule has 2 N–H and O–H groups in total. The molecule has 1 aromatic heterocycles. The molecule has 0 atom stereocenters. The molecule has 1 aromatic carbocycles. The van der Waals surface area contributed by atoms with Crippen molar-refractivity contribution < 1.29 is 4.42 Å². The molecule has 4 heteroatoms. The average molecular weight is 262 g/mol. The van der Waals surface area contributed by atoms with E-state index in [9.17, 15) is 0 Å². The second kappa shape index (κ2) is 5.98. The van der Waals surface area contributed by atoms with Crippen molar-refractivity contribution in [2.24, 2.45) is 5.73 Å². The quantitative estimate of drug-likeness (QED) is 0.841.